The van der Waals surface area contributed by atoms with Gasteiger partial charge in [0.15, 0.2) is 5.76 Å². The molecule has 98 valence electrons. The summed E-state index contributed by atoms with van der Waals surface area (Å²) in [5.74, 6) is 0.149. The van der Waals surface area contributed by atoms with Gasteiger partial charge in [-0.2, -0.15) is 0 Å². The van der Waals surface area contributed by atoms with Gasteiger partial charge in [-0.3, -0.25) is 4.57 Å². The Bertz CT molecular complexity index is 801. The molecule has 0 saturated heterocycles. The smallest absolute Gasteiger partial charge is 0.360 e. The predicted octanol–water partition coefficient (Wildman–Crippen LogP) is 2.99. The molecular weight excluding hydrogens is 333 g/mol. The second kappa shape index (κ2) is 4.35. The lowest BCUT2D eigenvalue weighted by Crippen LogP contribution is -2.03. The molecule has 2 heterocycles. The first kappa shape index (κ1) is 12.7. The molecule has 5 nitrogen and oxygen atoms in total. The zero-order valence-corrected chi connectivity index (χ0v) is 12.0. The predicted molar refractivity (Wildman–Crippen MR) is 75.4 cm³/mol. The lowest BCUT2D eigenvalue weighted by Gasteiger charge is -2.03. The van der Waals surface area contributed by atoms with Crippen LogP contribution in [0.4, 0.5) is 0 Å². The molecule has 0 saturated carbocycles. The lowest BCUT2D eigenvalue weighted by molar-refractivity contribution is 0.387. The van der Waals surface area contributed by atoms with E-state index in [2.05, 4.69) is 20.9 Å². The quantitative estimate of drug-likeness (QED) is 0.625. The molecule has 0 spiro atoms. The Morgan fingerprint density at radius 1 is 1.21 bits per heavy atom. The highest BCUT2D eigenvalue weighted by Crippen LogP contribution is 2.41. The maximum atomic E-state index is 11.4. The number of hydrogen-bond acceptors (Lipinski definition) is 2. The number of para-hydroxylation sites is 1. The highest BCUT2D eigenvalue weighted by Gasteiger charge is 2.27. The first-order chi connectivity index (χ1) is 8.98. The van der Waals surface area contributed by atoms with Gasteiger partial charge < -0.3 is 19.2 Å². The van der Waals surface area contributed by atoms with Crippen LogP contribution < -0.4 is 5.30 Å². The van der Waals surface area contributed by atoms with Crippen molar-refractivity contribution in [3.05, 3.63) is 41.1 Å². The number of H-pyrrole nitrogens is 1. The third-order valence-corrected chi connectivity index (χ3v) is 4.63. The molecule has 1 aromatic carbocycles. The van der Waals surface area contributed by atoms with E-state index in [0.29, 0.717) is 10.2 Å². The molecule has 0 aliphatic rings. The van der Waals surface area contributed by atoms with E-state index in [4.69, 9.17) is 4.42 Å². The average Bonchev–Trinajstić information content (AvgIpc) is 2.94. The van der Waals surface area contributed by atoms with Crippen LogP contribution in [-0.4, -0.2) is 14.8 Å². The Balaban J connectivity index is 2.29. The zero-order valence-electron chi connectivity index (χ0n) is 9.50. The van der Waals surface area contributed by atoms with E-state index in [1.807, 2.05) is 24.3 Å². The van der Waals surface area contributed by atoms with Gasteiger partial charge in [-0.15, -0.1) is 0 Å². The zero-order chi connectivity index (χ0) is 13.6. The number of aromatic amines is 1. The molecule has 2 aromatic heterocycles. The van der Waals surface area contributed by atoms with Crippen LogP contribution in [0.3, 0.4) is 0 Å². The summed E-state index contributed by atoms with van der Waals surface area (Å²) in [5.41, 5.74) is 1.38. The molecule has 0 unspecified atom stereocenters. The van der Waals surface area contributed by atoms with Crippen molar-refractivity contribution in [3.8, 4) is 11.5 Å². The third kappa shape index (κ3) is 2.07. The number of benzene rings is 1. The average molecular weight is 342 g/mol. The highest BCUT2D eigenvalue weighted by molar-refractivity contribution is 9.10. The fourth-order valence-corrected chi connectivity index (χ4v) is 3.29. The van der Waals surface area contributed by atoms with Crippen molar-refractivity contribution < 1.29 is 18.8 Å². The Morgan fingerprint density at radius 2 is 1.95 bits per heavy atom. The van der Waals surface area contributed by atoms with Crippen molar-refractivity contribution in [2.24, 2.45) is 0 Å². The van der Waals surface area contributed by atoms with Gasteiger partial charge >= 0.3 is 7.60 Å². The molecule has 0 fully saturated rings. The fraction of sp³-hybridized carbons (Fsp3) is 0. The van der Waals surface area contributed by atoms with Crippen LogP contribution in [0.2, 0.25) is 0 Å². The normalized spacial score (nSPS) is 12.2. The molecule has 0 bridgehead atoms. The van der Waals surface area contributed by atoms with Crippen molar-refractivity contribution in [2.45, 2.75) is 0 Å². The second-order valence-corrected chi connectivity index (χ2v) is 6.40. The number of hydrogen-bond donors (Lipinski definition) is 3. The lowest BCUT2D eigenvalue weighted by atomic mass is 10.2. The summed E-state index contributed by atoms with van der Waals surface area (Å²) in [5, 5.41) is 0.797. The molecule has 3 rings (SSSR count). The second-order valence-electron chi connectivity index (χ2n) is 4.04. The standard InChI is InChI=1S/C12H9BrNO4P/c13-10-7-3-1-2-4-8(7)14-11(10)12-9(5-6-18-12)19(15,16)17/h1-6,14H,(H2,15,16,17). The fourth-order valence-electron chi connectivity index (χ4n) is 1.98. The van der Waals surface area contributed by atoms with Crippen LogP contribution in [0.15, 0.2) is 45.5 Å². The molecule has 3 aromatic rings. The van der Waals surface area contributed by atoms with Gasteiger partial charge in [0.05, 0.1) is 16.4 Å². The van der Waals surface area contributed by atoms with Crippen molar-refractivity contribution >= 4 is 39.7 Å². The minimum atomic E-state index is -4.37. The SMILES string of the molecule is O=P(O)(O)c1ccoc1-c1[nH]c2ccccc2c1Br. The number of halogens is 1. The third-order valence-electron chi connectivity index (χ3n) is 2.83. The summed E-state index contributed by atoms with van der Waals surface area (Å²) in [4.78, 5) is 21.7. The molecule has 0 aliphatic carbocycles. The van der Waals surface area contributed by atoms with E-state index in [9.17, 15) is 14.4 Å². The van der Waals surface area contributed by atoms with E-state index in [1.165, 1.54) is 12.3 Å². The Morgan fingerprint density at radius 3 is 2.63 bits per heavy atom. The minimum Gasteiger partial charge on any atom is -0.462 e. The van der Waals surface area contributed by atoms with Crippen molar-refractivity contribution in [3.63, 3.8) is 0 Å². The van der Waals surface area contributed by atoms with Crippen LogP contribution in [0.25, 0.3) is 22.4 Å². The highest BCUT2D eigenvalue weighted by atomic mass is 79.9. The number of aromatic nitrogens is 1. The largest absolute Gasteiger partial charge is 0.462 e. The summed E-state index contributed by atoms with van der Waals surface area (Å²) in [6, 6.07) is 8.83. The molecule has 0 aliphatic heterocycles. The van der Waals surface area contributed by atoms with Crippen LogP contribution in [-0.2, 0) is 4.57 Å². The van der Waals surface area contributed by atoms with E-state index in [1.54, 1.807) is 0 Å². The number of furan rings is 1. The van der Waals surface area contributed by atoms with Crippen LogP contribution in [0.5, 0.6) is 0 Å². The monoisotopic (exact) mass is 341 g/mol. The first-order valence-corrected chi connectivity index (χ1v) is 7.79. The summed E-state index contributed by atoms with van der Waals surface area (Å²) in [7, 11) is -4.37. The Kier molecular flexibility index (Phi) is 2.91. The number of rotatable bonds is 2. The van der Waals surface area contributed by atoms with Crippen LogP contribution in [0, 0.1) is 0 Å². The van der Waals surface area contributed by atoms with E-state index in [-0.39, 0.29) is 11.1 Å². The first-order valence-electron chi connectivity index (χ1n) is 5.38. The van der Waals surface area contributed by atoms with E-state index in [0.717, 1.165) is 10.9 Å². The van der Waals surface area contributed by atoms with Gasteiger partial charge in [-0.25, -0.2) is 0 Å². The summed E-state index contributed by atoms with van der Waals surface area (Å²) in [6.45, 7) is 0. The van der Waals surface area contributed by atoms with E-state index >= 15 is 0 Å². The topological polar surface area (TPSA) is 86.5 Å². The molecule has 0 radical (unpaired) electrons. The van der Waals surface area contributed by atoms with Crippen molar-refractivity contribution in [2.75, 3.05) is 0 Å². The number of fused-ring (bicyclic) bond motifs is 1. The molecular formula is C12H9BrNO4P. The van der Waals surface area contributed by atoms with Gasteiger partial charge in [0, 0.05) is 10.9 Å². The Hall–Kier alpha value is -1.33. The Labute approximate surface area is 116 Å². The van der Waals surface area contributed by atoms with Gasteiger partial charge in [0.1, 0.15) is 5.30 Å². The van der Waals surface area contributed by atoms with Crippen LogP contribution in [0.1, 0.15) is 0 Å². The van der Waals surface area contributed by atoms with Crippen molar-refractivity contribution in [1.82, 2.24) is 4.98 Å². The molecule has 3 N–H and O–H groups in total. The van der Waals surface area contributed by atoms with Crippen molar-refractivity contribution in [1.29, 1.82) is 0 Å². The maximum absolute atomic E-state index is 11.4. The molecule has 0 atom stereocenters. The minimum absolute atomic E-state index is 0.125. The van der Waals surface area contributed by atoms with Gasteiger partial charge in [0.25, 0.3) is 0 Å². The summed E-state index contributed by atoms with van der Waals surface area (Å²) < 4.78 is 17.4. The summed E-state index contributed by atoms with van der Waals surface area (Å²) in [6.07, 6.45) is 1.27. The van der Waals surface area contributed by atoms with Gasteiger partial charge in [0.2, 0.25) is 0 Å². The van der Waals surface area contributed by atoms with Crippen LogP contribution >= 0.6 is 23.5 Å². The van der Waals surface area contributed by atoms with Gasteiger partial charge in [-0.1, -0.05) is 18.2 Å². The number of nitrogens with one attached hydrogen (secondary N) is 1. The van der Waals surface area contributed by atoms with E-state index < -0.39 is 7.60 Å². The maximum Gasteiger partial charge on any atom is 0.360 e. The van der Waals surface area contributed by atoms with Gasteiger partial charge in [-0.05, 0) is 28.1 Å². The summed E-state index contributed by atoms with van der Waals surface area (Å²) >= 11 is 3.43. The molecule has 0 amide bonds. The molecule has 19 heavy (non-hydrogen) atoms. The molecule has 7 heteroatoms.